The number of hydrogen-bond donors (Lipinski definition) is 2. The summed E-state index contributed by atoms with van der Waals surface area (Å²) < 4.78 is 5.13. The fourth-order valence-corrected chi connectivity index (χ4v) is 1.72. The zero-order valence-electron chi connectivity index (χ0n) is 10.3. The van der Waals surface area contributed by atoms with Crippen LogP contribution in [0.2, 0.25) is 0 Å². The number of likely N-dealkylation sites (tertiary alicyclic amines) is 1. The molecule has 98 valence electrons. The summed E-state index contributed by atoms with van der Waals surface area (Å²) in [5.74, 6) is -1.12. The van der Waals surface area contributed by atoms with Gasteiger partial charge in [-0.25, -0.2) is 9.59 Å². The zero-order chi connectivity index (χ0) is 13.2. The molecule has 0 bridgehead atoms. The van der Waals surface area contributed by atoms with Gasteiger partial charge in [-0.05, 0) is 27.2 Å². The van der Waals surface area contributed by atoms with Crippen molar-refractivity contribution in [3.05, 3.63) is 0 Å². The first-order valence-electron chi connectivity index (χ1n) is 5.61. The quantitative estimate of drug-likeness (QED) is 0.714. The first-order valence-corrected chi connectivity index (χ1v) is 5.61. The smallest absolute Gasteiger partial charge is 0.411 e. The van der Waals surface area contributed by atoms with E-state index >= 15 is 0 Å². The number of nitrogens with zero attached hydrogens (tertiary/aromatic N) is 1. The van der Waals surface area contributed by atoms with Crippen molar-refractivity contribution in [1.29, 1.82) is 0 Å². The molecule has 17 heavy (non-hydrogen) atoms. The van der Waals surface area contributed by atoms with Gasteiger partial charge in [0.15, 0.2) is 0 Å². The summed E-state index contributed by atoms with van der Waals surface area (Å²) in [5.41, 5.74) is -0.657. The van der Waals surface area contributed by atoms with Crippen molar-refractivity contribution >= 4 is 12.1 Å². The van der Waals surface area contributed by atoms with Gasteiger partial charge in [0.25, 0.3) is 0 Å². The van der Waals surface area contributed by atoms with Crippen LogP contribution in [0.25, 0.3) is 0 Å². The molecule has 0 unspecified atom stereocenters. The highest BCUT2D eigenvalue weighted by Crippen LogP contribution is 2.20. The predicted molar refractivity (Wildman–Crippen MR) is 59.6 cm³/mol. The number of aliphatic hydroxyl groups is 1. The normalized spacial score (nSPS) is 25.5. The van der Waals surface area contributed by atoms with Gasteiger partial charge < -0.3 is 14.9 Å². The third kappa shape index (κ3) is 3.89. The summed E-state index contributed by atoms with van der Waals surface area (Å²) >= 11 is 0. The standard InChI is InChI=1S/C11H19NO5/c1-11(2,3)17-10(16)12-5-4-7(13)6-8(12)9(14)15/h7-8,13H,4-6H2,1-3H3,(H,14,15)/t7-,8-/m1/s1. The monoisotopic (exact) mass is 245 g/mol. The Labute approximate surface area is 100 Å². The SMILES string of the molecule is CC(C)(C)OC(=O)N1CC[C@@H](O)C[C@@H]1C(=O)O. The van der Waals surface area contributed by atoms with Crippen LogP contribution in [0, 0.1) is 0 Å². The molecule has 2 N–H and O–H groups in total. The molecule has 0 aliphatic carbocycles. The topological polar surface area (TPSA) is 87.1 Å². The van der Waals surface area contributed by atoms with E-state index in [0.717, 1.165) is 0 Å². The molecule has 0 aromatic carbocycles. The molecule has 1 saturated heterocycles. The molecule has 1 heterocycles. The van der Waals surface area contributed by atoms with Crippen LogP contribution in [-0.2, 0) is 9.53 Å². The van der Waals surface area contributed by atoms with Gasteiger partial charge in [0.2, 0.25) is 0 Å². The van der Waals surface area contributed by atoms with Crippen molar-refractivity contribution in [3.8, 4) is 0 Å². The van der Waals surface area contributed by atoms with Gasteiger partial charge >= 0.3 is 12.1 Å². The number of rotatable bonds is 1. The number of amides is 1. The molecule has 2 atom stereocenters. The van der Waals surface area contributed by atoms with Crippen LogP contribution in [0.15, 0.2) is 0 Å². The molecule has 0 aromatic rings. The predicted octanol–water partition coefficient (Wildman–Crippen LogP) is 0.831. The highest BCUT2D eigenvalue weighted by molar-refractivity contribution is 5.80. The summed E-state index contributed by atoms with van der Waals surface area (Å²) in [7, 11) is 0. The van der Waals surface area contributed by atoms with Crippen LogP contribution < -0.4 is 0 Å². The summed E-state index contributed by atoms with van der Waals surface area (Å²) in [6, 6.07) is -1.01. The number of carbonyl (C=O) groups excluding carboxylic acids is 1. The highest BCUT2D eigenvalue weighted by Gasteiger charge is 2.37. The average molecular weight is 245 g/mol. The second-order valence-electron chi connectivity index (χ2n) is 5.21. The first kappa shape index (κ1) is 13.8. The van der Waals surface area contributed by atoms with Gasteiger partial charge in [-0.2, -0.15) is 0 Å². The summed E-state index contributed by atoms with van der Waals surface area (Å²) in [6.45, 7) is 5.37. The van der Waals surface area contributed by atoms with E-state index in [4.69, 9.17) is 9.84 Å². The van der Waals surface area contributed by atoms with E-state index in [1.807, 2.05) is 0 Å². The molecular formula is C11H19NO5. The van der Waals surface area contributed by atoms with Crippen LogP contribution in [0.5, 0.6) is 0 Å². The molecule has 1 fully saturated rings. The van der Waals surface area contributed by atoms with E-state index in [9.17, 15) is 14.7 Å². The Kier molecular flexibility index (Phi) is 3.98. The van der Waals surface area contributed by atoms with Crippen molar-refractivity contribution < 1.29 is 24.5 Å². The maximum Gasteiger partial charge on any atom is 0.411 e. The molecule has 0 saturated carbocycles. The van der Waals surface area contributed by atoms with Crippen LogP contribution >= 0.6 is 0 Å². The van der Waals surface area contributed by atoms with E-state index in [-0.39, 0.29) is 13.0 Å². The molecule has 1 aliphatic rings. The second kappa shape index (κ2) is 4.91. The second-order valence-corrected chi connectivity index (χ2v) is 5.21. The summed E-state index contributed by atoms with van der Waals surface area (Å²) in [6.07, 6.45) is -0.885. The van der Waals surface area contributed by atoms with Crippen molar-refractivity contribution in [2.45, 2.75) is 51.4 Å². The molecule has 6 heteroatoms. The van der Waals surface area contributed by atoms with Gasteiger partial charge in [0.1, 0.15) is 11.6 Å². The molecule has 1 amide bonds. The lowest BCUT2D eigenvalue weighted by molar-refractivity contribution is -0.146. The van der Waals surface area contributed by atoms with E-state index in [2.05, 4.69) is 0 Å². The van der Waals surface area contributed by atoms with Crippen molar-refractivity contribution in [2.75, 3.05) is 6.54 Å². The molecule has 1 rings (SSSR count). The maximum atomic E-state index is 11.8. The molecule has 0 radical (unpaired) electrons. The number of ether oxygens (including phenoxy) is 1. The Morgan fingerprint density at radius 2 is 1.94 bits per heavy atom. The molecule has 0 aromatic heterocycles. The Balaban J connectivity index is 2.73. The first-order chi connectivity index (χ1) is 7.70. The minimum absolute atomic E-state index is 0.0502. The van der Waals surface area contributed by atoms with Crippen molar-refractivity contribution in [3.63, 3.8) is 0 Å². The average Bonchev–Trinajstić information content (AvgIpc) is 2.14. The Bertz CT molecular complexity index is 309. The fraction of sp³-hybridized carbons (Fsp3) is 0.818. The third-order valence-electron chi connectivity index (χ3n) is 2.49. The Morgan fingerprint density at radius 3 is 2.41 bits per heavy atom. The number of piperidine rings is 1. The number of carboxylic acid groups (broad SMARTS) is 1. The van der Waals surface area contributed by atoms with Gasteiger partial charge in [-0.1, -0.05) is 0 Å². The lowest BCUT2D eigenvalue weighted by Crippen LogP contribution is -2.52. The van der Waals surface area contributed by atoms with Crippen LogP contribution in [0.3, 0.4) is 0 Å². The van der Waals surface area contributed by atoms with E-state index in [1.54, 1.807) is 20.8 Å². The van der Waals surface area contributed by atoms with E-state index in [0.29, 0.717) is 6.42 Å². The van der Waals surface area contributed by atoms with Crippen LogP contribution in [0.1, 0.15) is 33.6 Å². The number of aliphatic hydroxyl groups excluding tert-OH is 1. The fourth-order valence-electron chi connectivity index (χ4n) is 1.72. The van der Waals surface area contributed by atoms with Gasteiger partial charge in [-0.15, -0.1) is 0 Å². The van der Waals surface area contributed by atoms with Gasteiger partial charge in [0, 0.05) is 13.0 Å². The lowest BCUT2D eigenvalue weighted by Gasteiger charge is -2.36. The third-order valence-corrected chi connectivity index (χ3v) is 2.49. The number of carboxylic acids is 1. The maximum absolute atomic E-state index is 11.8. The largest absolute Gasteiger partial charge is 0.480 e. The summed E-state index contributed by atoms with van der Waals surface area (Å²) in [4.78, 5) is 24.0. The van der Waals surface area contributed by atoms with Crippen LogP contribution in [0.4, 0.5) is 4.79 Å². The summed E-state index contributed by atoms with van der Waals surface area (Å²) in [5, 5.41) is 18.4. The van der Waals surface area contributed by atoms with E-state index in [1.165, 1.54) is 4.90 Å². The highest BCUT2D eigenvalue weighted by atomic mass is 16.6. The number of hydrogen-bond acceptors (Lipinski definition) is 4. The van der Waals surface area contributed by atoms with Gasteiger partial charge in [-0.3, -0.25) is 4.90 Å². The Morgan fingerprint density at radius 1 is 1.35 bits per heavy atom. The lowest BCUT2D eigenvalue weighted by atomic mass is 10.0. The molecule has 6 nitrogen and oxygen atoms in total. The number of aliphatic carboxylic acids is 1. The van der Waals surface area contributed by atoms with Crippen molar-refractivity contribution in [2.24, 2.45) is 0 Å². The van der Waals surface area contributed by atoms with Crippen LogP contribution in [-0.4, -0.2) is 51.5 Å². The van der Waals surface area contributed by atoms with Gasteiger partial charge in [0.05, 0.1) is 6.10 Å². The minimum atomic E-state index is -1.12. The Hall–Kier alpha value is -1.30. The number of carbonyl (C=O) groups is 2. The molecule has 1 aliphatic heterocycles. The zero-order valence-corrected chi connectivity index (χ0v) is 10.3. The van der Waals surface area contributed by atoms with Crippen molar-refractivity contribution in [1.82, 2.24) is 4.90 Å². The van der Waals surface area contributed by atoms with E-state index < -0.39 is 29.8 Å². The minimum Gasteiger partial charge on any atom is -0.480 e. The molecular weight excluding hydrogens is 226 g/mol. The molecule has 0 spiro atoms.